The Morgan fingerprint density at radius 3 is 2.38 bits per heavy atom. The first-order valence-electron chi connectivity index (χ1n) is 9.40. The topological polar surface area (TPSA) is 70.7 Å². The van der Waals surface area contributed by atoms with Gasteiger partial charge in [-0.2, -0.15) is 0 Å². The maximum absolute atomic E-state index is 12.8. The van der Waals surface area contributed by atoms with Gasteiger partial charge in [0.1, 0.15) is 12.3 Å². The molecule has 3 aromatic carbocycles. The molecule has 146 valence electrons. The van der Waals surface area contributed by atoms with Crippen molar-refractivity contribution in [2.24, 2.45) is 0 Å². The predicted octanol–water partition coefficient (Wildman–Crippen LogP) is 4.18. The van der Waals surface area contributed by atoms with Crippen LogP contribution in [0.25, 0.3) is 0 Å². The first-order chi connectivity index (χ1) is 14.1. The van der Waals surface area contributed by atoms with E-state index in [0.717, 1.165) is 11.4 Å². The van der Waals surface area contributed by atoms with Gasteiger partial charge in [0.15, 0.2) is 6.10 Å². The summed E-state index contributed by atoms with van der Waals surface area (Å²) in [5.74, 6) is 0.0673. The van der Waals surface area contributed by atoms with Crippen molar-refractivity contribution in [3.8, 4) is 5.75 Å². The fraction of sp³-hybridized carbons (Fsp3) is 0.130. The van der Waals surface area contributed by atoms with Crippen molar-refractivity contribution >= 4 is 34.6 Å². The summed E-state index contributed by atoms with van der Waals surface area (Å²) < 4.78 is 5.63. The van der Waals surface area contributed by atoms with E-state index in [4.69, 9.17) is 4.74 Å². The van der Waals surface area contributed by atoms with E-state index in [2.05, 4.69) is 10.6 Å². The van der Waals surface area contributed by atoms with E-state index in [-0.39, 0.29) is 18.4 Å². The van der Waals surface area contributed by atoms with Crippen molar-refractivity contribution in [3.05, 3.63) is 78.9 Å². The van der Waals surface area contributed by atoms with E-state index in [0.29, 0.717) is 17.1 Å². The Morgan fingerprint density at radius 2 is 1.59 bits per heavy atom. The van der Waals surface area contributed by atoms with Crippen LogP contribution in [0.3, 0.4) is 0 Å². The molecule has 1 heterocycles. The van der Waals surface area contributed by atoms with Gasteiger partial charge in [0.2, 0.25) is 5.91 Å². The molecule has 6 nitrogen and oxygen atoms in total. The molecular weight excluding hydrogens is 366 g/mol. The lowest BCUT2D eigenvalue weighted by Gasteiger charge is -2.32. The minimum absolute atomic E-state index is 0.0940. The molecule has 1 aliphatic heterocycles. The maximum atomic E-state index is 12.8. The van der Waals surface area contributed by atoms with E-state index in [1.807, 2.05) is 66.7 Å². The lowest BCUT2D eigenvalue weighted by Crippen LogP contribution is -2.47. The molecule has 1 atom stereocenters. The Hall–Kier alpha value is -3.80. The molecule has 0 aliphatic carbocycles. The minimum Gasteiger partial charge on any atom is -0.479 e. The van der Waals surface area contributed by atoms with Gasteiger partial charge in [-0.25, -0.2) is 0 Å². The zero-order valence-corrected chi connectivity index (χ0v) is 16.0. The summed E-state index contributed by atoms with van der Waals surface area (Å²) in [6.45, 7) is 1.59. The normalized spacial score (nSPS) is 15.3. The standard InChI is InChI=1S/C23H21N3O3/c1-16-23(28)26(20-13-7-8-14-21(20)29-16)15-22(27)25-19-12-6-5-11-18(19)24-17-9-3-2-4-10-17/h2-14,16,24H,15H2,1H3,(H,25,27). The van der Waals surface area contributed by atoms with Gasteiger partial charge in [0.25, 0.3) is 5.91 Å². The largest absolute Gasteiger partial charge is 0.479 e. The number of carbonyl (C=O) groups is 2. The SMILES string of the molecule is CC1Oc2ccccc2N(CC(=O)Nc2ccccc2Nc2ccccc2)C1=O. The van der Waals surface area contributed by atoms with Gasteiger partial charge in [0.05, 0.1) is 17.1 Å². The van der Waals surface area contributed by atoms with Crippen LogP contribution in [0, 0.1) is 0 Å². The highest BCUT2D eigenvalue weighted by molar-refractivity contribution is 6.06. The molecule has 0 saturated carbocycles. The van der Waals surface area contributed by atoms with E-state index in [9.17, 15) is 9.59 Å². The smallest absolute Gasteiger partial charge is 0.268 e. The van der Waals surface area contributed by atoms with Crippen molar-refractivity contribution in [2.75, 3.05) is 22.1 Å². The van der Waals surface area contributed by atoms with Crippen LogP contribution in [0.4, 0.5) is 22.7 Å². The molecule has 4 rings (SSSR count). The number of rotatable bonds is 5. The van der Waals surface area contributed by atoms with Crippen molar-refractivity contribution in [1.82, 2.24) is 0 Å². The van der Waals surface area contributed by atoms with Gasteiger partial charge in [-0.3, -0.25) is 14.5 Å². The second kappa shape index (κ2) is 8.06. The highest BCUT2D eigenvalue weighted by atomic mass is 16.5. The number of nitrogens with zero attached hydrogens (tertiary/aromatic N) is 1. The zero-order valence-electron chi connectivity index (χ0n) is 16.0. The van der Waals surface area contributed by atoms with Crippen LogP contribution in [0.1, 0.15) is 6.92 Å². The first-order valence-corrected chi connectivity index (χ1v) is 9.40. The van der Waals surface area contributed by atoms with Gasteiger partial charge in [-0.1, -0.05) is 42.5 Å². The number of amides is 2. The van der Waals surface area contributed by atoms with E-state index < -0.39 is 6.10 Å². The number of nitrogens with one attached hydrogen (secondary N) is 2. The van der Waals surface area contributed by atoms with E-state index >= 15 is 0 Å². The van der Waals surface area contributed by atoms with Crippen LogP contribution in [-0.2, 0) is 9.59 Å². The molecule has 0 radical (unpaired) electrons. The summed E-state index contributed by atoms with van der Waals surface area (Å²) >= 11 is 0. The van der Waals surface area contributed by atoms with Gasteiger partial charge < -0.3 is 15.4 Å². The molecule has 0 bridgehead atoms. The monoisotopic (exact) mass is 387 g/mol. The van der Waals surface area contributed by atoms with Crippen molar-refractivity contribution in [3.63, 3.8) is 0 Å². The molecule has 0 spiro atoms. The van der Waals surface area contributed by atoms with Crippen LogP contribution >= 0.6 is 0 Å². The molecular formula is C23H21N3O3. The fourth-order valence-electron chi connectivity index (χ4n) is 3.23. The number of fused-ring (bicyclic) bond motifs is 1. The first kappa shape index (κ1) is 18.6. The van der Waals surface area contributed by atoms with Crippen molar-refractivity contribution < 1.29 is 14.3 Å². The Kier molecular flexibility index (Phi) is 5.16. The summed E-state index contributed by atoms with van der Waals surface area (Å²) in [6, 6.07) is 24.4. The molecule has 0 fully saturated rings. The lowest BCUT2D eigenvalue weighted by atomic mass is 10.2. The Balaban J connectivity index is 1.52. The molecule has 1 unspecified atom stereocenters. The van der Waals surface area contributed by atoms with Crippen molar-refractivity contribution in [2.45, 2.75) is 13.0 Å². The second-order valence-corrected chi connectivity index (χ2v) is 6.74. The third kappa shape index (κ3) is 4.06. The maximum Gasteiger partial charge on any atom is 0.268 e. The molecule has 0 aromatic heterocycles. The second-order valence-electron chi connectivity index (χ2n) is 6.74. The summed E-state index contributed by atoms with van der Waals surface area (Å²) in [6.07, 6.45) is -0.635. The van der Waals surface area contributed by atoms with Crippen LogP contribution in [0.2, 0.25) is 0 Å². The summed E-state index contributed by atoms with van der Waals surface area (Å²) in [7, 11) is 0. The summed E-state index contributed by atoms with van der Waals surface area (Å²) in [5.41, 5.74) is 2.93. The Morgan fingerprint density at radius 1 is 0.931 bits per heavy atom. The molecule has 1 aliphatic rings. The molecule has 29 heavy (non-hydrogen) atoms. The van der Waals surface area contributed by atoms with E-state index in [1.54, 1.807) is 19.1 Å². The number of hydrogen-bond donors (Lipinski definition) is 2. The number of benzene rings is 3. The highest BCUT2D eigenvalue weighted by Crippen LogP contribution is 2.33. The molecule has 0 saturated heterocycles. The molecule has 2 N–H and O–H groups in total. The van der Waals surface area contributed by atoms with Gasteiger partial charge in [-0.05, 0) is 43.3 Å². The zero-order chi connectivity index (χ0) is 20.2. The lowest BCUT2D eigenvalue weighted by molar-refractivity contribution is -0.127. The predicted molar refractivity (Wildman–Crippen MR) is 114 cm³/mol. The summed E-state index contributed by atoms with van der Waals surface area (Å²) in [5, 5.41) is 6.21. The number of ether oxygens (including phenoxy) is 1. The minimum atomic E-state index is -0.635. The third-order valence-corrected chi connectivity index (χ3v) is 4.63. The van der Waals surface area contributed by atoms with Crippen LogP contribution in [0.15, 0.2) is 78.9 Å². The number of anilines is 4. The quantitative estimate of drug-likeness (QED) is 0.689. The fourth-order valence-corrected chi connectivity index (χ4v) is 3.23. The number of carbonyl (C=O) groups excluding carboxylic acids is 2. The van der Waals surface area contributed by atoms with Crippen LogP contribution in [0.5, 0.6) is 5.75 Å². The number of hydrogen-bond acceptors (Lipinski definition) is 4. The van der Waals surface area contributed by atoms with E-state index in [1.165, 1.54) is 4.90 Å². The van der Waals surface area contributed by atoms with Crippen LogP contribution < -0.4 is 20.3 Å². The molecule has 6 heteroatoms. The average Bonchev–Trinajstić information content (AvgIpc) is 2.73. The van der Waals surface area contributed by atoms with Crippen LogP contribution in [-0.4, -0.2) is 24.5 Å². The van der Waals surface area contributed by atoms with Gasteiger partial charge >= 0.3 is 0 Å². The van der Waals surface area contributed by atoms with Crippen molar-refractivity contribution in [1.29, 1.82) is 0 Å². The Bertz CT molecular complexity index is 1040. The third-order valence-electron chi connectivity index (χ3n) is 4.63. The molecule has 2 amide bonds. The summed E-state index contributed by atoms with van der Waals surface area (Å²) in [4.78, 5) is 26.8. The average molecular weight is 387 g/mol. The highest BCUT2D eigenvalue weighted by Gasteiger charge is 2.32. The Labute approximate surface area is 169 Å². The van der Waals surface area contributed by atoms with Gasteiger partial charge in [0, 0.05) is 5.69 Å². The number of para-hydroxylation sites is 5. The molecule has 3 aromatic rings. The van der Waals surface area contributed by atoms with Gasteiger partial charge in [-0.15, -0.1) is 0 Å².